The van der Waals surface area contributed by atoms with Gasteiger partial charge in [0.25, 0.3) is 0 Å². The number of nitrogens with two attached hydrogens (primary N) is 2. The summed E-state index contributed by atoms with van der Waals surface area (Å²) in [7, 11) is 2.18. The highest BCUT2D eigenvalue weighted by molar-refractivity contribution is 5.40. The Morgan fingerprint density at radius 3 is 2.11 bits per heavy atom. The van der Waals surface area contributed by atoms with E-state index in [1.165, 1.54) is 25.1 Å². The van der Waals surface area contributed by atoms with Crippen molar-refractivity contribution in [1.82, 2.24) is 4.90 Å². The number of rotatable bonds is 1. The van der Waals surface area contributed by atoms with Crippen molar-refractivity contribution < 1.29 is 0 Å². The lowest BCUT2D eigenvalue weighted by Crippen LogP contribution is -2.13. The SMILES string of the molecule is CC.CCN.CN1CCC(c2ccc(N)cc2)C1. The van der Waals surface area contributed by atoms with Crippen LogP contribution in [0.3, 0.4) is 0 Å². The summed E-state index contributed by atoms with van der Waals surface area (Å²) in [6, 6.07) is 8.29. The molecule has 0 radical (unpaired) electrons. The van der Waals surface area contributed by atoms with Gasteiger partial charge in [0.2, 0.25) is 0 Å². The van der Waals surface area contributed by atoms with Crippen molar-refractivity contribution in [2.75, 3.05) is 32.4 Å². The molecule has 1 aromatic rings. The summed E-state index contributed by atoms with van der Waals surface area (Å²) in [5.41, 5.74) is 12.8. The Hall–Kier alpha value is -1.06. The first kappa shape index (κ1) is 16.9. The van der Waals surface area contributed by atoms with Gasteiger partial charge in [0.05, 0.1) is 0 Å². The molecule has 1 heterocycles. The fourth-order valence-electron chi connectivity index (χ4n) is 1.98. The molecule has 1 unspecified atom stereocenters. The van der Waals surface area contributed by atoms with E-state index in [2.05, 4.69) is 24.1 Å². The Balaban J connectivity index is 0.000000509. The van der Waals surface area contributed by atoms with Crippen molar-refractivity contribution in [3.63, 3.8) is 0 Å². The first-order valence-corrected chi connectivity index (χ1v) is 6.91. The maximum Gasteiger partial charge on any atom is 0.0314 e. The summed E-state index contributed by atoms with van der Waals surface area (Å²) in [5, 5.41) is 0. The van der Waals surface area contributed by atoms with Gasteiger partial charge in [-0.05, 0) is 50.2 Å². The van der Waals surface area contributed by atoms with Crippen molar-refractivity contribution in [3.8, 4) is 0 Å². The van der Waals surface area contributed by atoms with E-state index in [-0.39, 0.29) is 0 Å². The quantitative estimate of drug-likeness (QED) is 0.755. The summed E-state index contributed by atoms with van der Waals surface area (Å²) >= 11 is 0. The summed E-state index contributed by atoms with van der Waals surface area (Å²) in [6.07, 6.45) is 1.28. The molecule has 0 aromatic heterocycles. The number of anilines is 1. The van der Waals surface area contributed by atoms with Crippen LogP contribution in [0.5, 0.6) is 0 Å². The molecule has 1 atom stereocenters. The molecule has 1 aromatic carbocycles. The summed E-state index contributed by atoms with van der Waals surface area (Å²) in [6.45, 7) is 9.05. The van der Waals surface area contributed by atoms with Crippen LogP contribution in [-0.2, 0) is 0 Å². The average Bonchev–Trinajstić information content (AvgIpc) is 2.80. The van der Waals surface area contributed by atoms with Gasteiger partial charge < -0.3 is 16.4 Å². The molecule has 1 saturated heterocycles. The third kappa shape index (κ3) is 6.03. The Morgan fingerprint density at radius 2 is 1.72 bits per heavy atom. The third-order valence-electron chi connectivity index (χ3n) is 2.80. The van der Waals surface area contributed by atoms with Gasteiger partial charge in [-0.1, -0.05) is 32.9 Å². The monoisotopic (exact) mass is 251 g/mol. The molecule has 2 rings (SSSR count). The number of likely N-dealkylation sites (tertiary alicyclic amines) is 1. The number of likely N-dealkylation sites (N-methyl/N-ethyl adjacent to an activating group) is 1. The van der Waals surface area contributed by atoms with Crippen molar-refractivity contribution >= 4 is 5.69 Å². The van der Waals surface area contributed by atoms with Crippen LogP contribution in [0.15, 0.2) is 24.3 Å². The van der Waals surface area contributed by atoms with Crippen LogP contribution in [0.25, 0.3) is 0 Å². The predicted octanol–water partition coefficient (Wildman–Crippen LogP) is 2.68. The second kappa shape index (κ2) is 9.92. The number of hydrogen-bond acceptors (Lipinski definition) is 3. The molecule has 3 nitrogen and oxygen atoms in total. The Labute approximate surface area is 112 Å². The van der Waals surface area contributed by atoms with Crippen molar-refractivity contribution in [2.24, 2.45) is 5.73 Å². The maximum absolute atomic E-state index is 5.64. The largest absolute Gasteiger partial charge is 0.399 e. The molecule has 0 saturated carbocycles. The van der Waals surface area contributed by atoms with Crippen LogP contribution in [0, 0.1) is 0 Å². The number of hydrogen-bond donors (Lipinski definition) is 2. The van der Waals surface area contributed by atoms with E-state index < -0.39 is 0 Å². The number of nitrogens with zero attached hydrogens (tertiary/aromatic N) is 1. The van der Waals surface area contributed by atoms with E-state index >= 15 is 0 Å². The molecular weight excluding hydrogens is 222 g/mol. The summed E-state index contributed by atoms with van der Waals surface area (Å²) in [4.78, 5) is 2.38. The lowest BCUT2D eigenvalue weighted by molar-refractivity contribution is 0.411. The molecule has 1 aliphatic heterocycles. The van der Waals surface area contributed by atoms with Crippen LogP contribution < -0.4 is 11.5 Å². The molecule has 18 heavy (non-hydrogen) atoms. The third-order valence-corrected chi connectivity index (χ3v) is 2.80. The second-order valence-corrected chi connectivity index (χ2v) is 4.32. The first-order valence-electron chi connectivity index (χ1n) is 6.91. The molecule has 3 heteroatoms. The minimum absolute atomic E-state index is 0.714. The smallest absolute Gasteiger partial charge is 0.0314 e. The number of benzene rings is 1. The van der Waals surface area contributed by atoms with E-state index in [1.807, 2.05) is 32.9 Å². The Bertz CT molecular complexity index is 295. The van der Waals surface area contributed by atoms with Crippen molar-refractivity contribution in [1.29, 1.82) is 0 Å². The average molecular weight is 251 g/mol. The standard InChI is InChI=1S/C11H16N2.C2H7N.C2H6/c1-13-7-6-10(8-13)9-2-4-11(12)5-3-9;1-2-3;1-2/h2-5,10H,6-8,12H2,1H3;2-3H2,1H3;1-2H3. The van der Waals surface area contributed by atoms with E-state index in [0.717, 1.165) is 12.2 Å². The lowest BCUT2D eigenvalue weighted by Gasteiger charge is -2.10. The summed E-state index contributed by atoms with van der Waals surface area (Å²) in [5.74, 6) is 0.714. The van der Waals surface area contributed by atoms with E-state index in [1.54, 1.807) is 0 Å². The van der Waals surface area contributed by atoms with Crippen molar-refractivity contribution in [2.45, 2.75) is 33.1 Å². The zero-order valence-electron chi connectivity index (χ0n) is 12.3. The fraction of sp³-hybridized carbons (Fsp3) is 0.600. The van der Waals surface area contributed by atoms with Crippen LogP contribution in [0.1, 0.15) is 38.7 Å². The van der Waals surface area contributed by atoms with Crippen LogP contribution in [0.2, 0.25) is 0 Å². The molecule has 0 amide bonds. The minimum atomic E-state index is 0.714. The topological polar surface area (TPSA) is 55.3 Å². The zero-order valence-corrected chi connectivity index (χ0v) is 12.3. The van der Waals surface area contributed by atoms with Gasteiger partial charge >= 0.3 is 0 Å². The lowest BCUT2D eigenvalue weighted by atomic mass is 9.98. The van der Waals surface area contributed by atoms with E-state index in [9.17, 15) is 0 Å². The molecule has 1 fully saturated rings. The summed E-state index contributed by atoms with van der Waals surface area (Å²) < 4.78 is 0. The molecule has 0 aliphatic carbocycles. The van der Waals surface area contributed by atoms with Gasteiger partial charge in [-0.3, -0.25) is 0 Å². The highest BCUT2D eigenvalue weighted by atomic mass is 15.1. The second-order valence-electron chi connectivity index (χ2n) is 4.32. The van der Waals surface area contributed by atoms with Crippen LogP contribution in [-0.4, -0.2) is 31.6 Å². The molecule has 4 N–H and O–H groups in total. The van der Waals surface area contributed by atoms with Crippen molar-refractivity contribution in [3.05, 3.63) is 29.8 Å². The van der Waals surface area contributed by atoms with Gasteiger partial charge in [-0.25, -0.2) is 0 Å². The van der Waals surface area contributed by atoms with Gasteiger partial charge in [-0.2, -0.15) is 0 Å². The maximum atomic E-state index is 5.64. The number of nitrogen functional groups attached to an aromatic ring is 1. The normalized spacial score (nSPS) is 18.4. The van der Waals surface area contributed by atoms with Gasteiger partial charge in [0.1, 0.15) is 0 Å². The molecule has 0 bridgehead atoms. The van der Waals surface area contributed by atoms with Crippen LogP contribution >= 0.6 is 0 Å². The van der Waals surface area contributed by atoms with E-state index in [4.69, 9.17) is 11.5 Å². The van der Waals surface area contributed by atoms with E-state index in [0.29, 0.717) is 5.92 Å². The molecule has 0 spiro atoms. The molecule has 1 aliphatic rings. The highest BCUT2D eigenvalue weighted by Gasteiger charge is 2.20. The first-order chi connectivity index (χ1) is 8.67. The predicted molar refractivity (Wildman–Crippen MR) is 81.8 cm³/mol. The Kier molecular flexibility index (Phi) is 9.33. The minimum Gasteiger partial charge on any atom is -0.399 e. The highest BCUT2D eigenvalue weighted by Crippen LogP contribution is 2.26. The van der Waals surface area contributed by atoms with Gasteiger partial charge in [0.15, 0.2) is 0 Å². The Morgan fingerprint density at radius 1 is 1.22 bits per heavy atom. The molecular formula is C15H29N3. The molecule has 104 valence electrons. The zero-order chi connectivity index (χ0) is 14.0. The van der Waals surface area contributed by atoms with Gasteiger partial charge in [-0.15, -0.1) is 0 Å². The van der Waals surface area contributed by atoms with Gasteiger partial charge in [0, 0.05) is 12.2 Å². The van der Waals surface area contributed by atoms with Crippen LogP contribution in [0.4, 0.5) is 5.69 Å². The fourth-order valence-corrected chi connectivity index (χ4v) is 1.98.